The van der Waals surface area contributed by atoms with E-state index in [0.29, 0.717) is 32.6 Å². The minimum atomic E-state index is -4.52. The number of piperazine rings is 1. The predicted molar refractivity (Wildman–Crippen MR) is 99.7 cm³/mol. The minimum absolute atomic E-state index is 0.0719. The Hall–Kier alpha value is -2.84. The molecule has 0 N–H and O–H groups in total. The van der Waals surface area contributed by atoms with Gasteiger partial charge in [0, 0.05) is 32.2 Å². The van der Waals surface area contributed by atoms with Crippen molar-refractivity contribution in [1.82, 2.24) is 14.9 Å². The van der Waals surface area contributed by atoms with E-state index < -0.39 is 18.0 Å². The number of alkyl halides is 3. The van der Waals surface area contributed by atoms with Gasteiger partial charge in [-0.2, -0.15) is 13.2 Å². The van der Waals surface area contributed by atoms with Crippen LogP contribution in [0.2, 0.25) is 0 Å². The van der Waals surface area contributed by atoms with Crippen LogP contribution in [0.15, 0.2) is 30.3 Å². The molecule has 1 aromatic carbocycles. The van der Waals surface area contributed by atoms with Crippen LogP contribution >= 0.6 is 0 Å². The molecular weight excluding hydrogens is 385 g/mol. The van der Waals surface area contributed by atoms with E-state index in [0.717, 1.165) is 23.8 Å². The van der Waals surface area contributed by atoms with Crippen LogP contribution in [0.4, 0.5) is 19.0 Å². The lowest BCUT2D eigenvalue weighted by Gasteiger charge is -2.37. The van der Waals surface area contributed by atoms with Gasteiger partial charge in [0.15, 0.2) is 6.10 Å². The van der Waals surface area contributed by atoms with Gasteiger partial charge in [-0.15, -0.1) is 0 Å². The Morgan fingerprint density at radius 3 is 2.59 bits per heavy atom. The van der Waals surface area contributed by atoms with E-state index in [4.69, 9.17) is 4.74 Å². The first-order chi connectivity index (χ1) is 13.8. The molecular formula is C20H21F3N4O2. The number of hydrogen-bond acceptors (Lipinski definition) is 5. The molecule has 1 aromatic heterocycles. The summed E-state index contributed by atoms with van der Waals surface area (Å²) in [5, 5.41) is 0. The highest BCUT2D eigenvalue weighted by atomic mass is 19.4. The second-order valence-electron chi connectivity index (χ2n) is 7.22. The average Bonchev–Trinajstić information content (AvgIpc) is 2.72. The highest BCUT2D eigenvalue weighted by Crippen LogP contribution is 2.30. The van der Waals surface area contributed by atoms with E-state index in [2.05, 4.69) is 9.97 Å². The minimum Gasteiger partial charge on any atom is -0.480 e. The van der Waals surface area contributed by atoms with Crippen LogP contribution < -0.4 is 9.64 Å². The van der Waals surface area contributed by atoms with Crippen LogP contribution in [-0.2, 0) is 17.4 Å². The number of rotatable bonds is 2. The number of amides is 1. The summed E-state index contributed by atoms with van der Waals surface area (Å²) < 4.78 is 44.9. The van der Waals surface area contributed by atoms with E-state index >= 15 is 0 Å². The van der Waals surface area contributed by atoms with Crippen molar-refractivity contribution in [3.8, 4) is 5.75 Å². The molecule has 3 heterocycles. The molecule has 0 saturated carbocycles. The summed E-state index contributed by atoms with van der Waals surface area (Å²) in [5.41, 5.74) is 0.147. The van der Waals surface area contributed by atoms with Gasteiger partial charge in [0.25, 0.3) is 5.91 Å². The summed E-state index contributed by atoms with van der Waals surface area (Å²) in [6.07, 6.45) is -3.63. The number of hydrogen-bond donors (Lipinski definition) is 0. The summed E-state index contributed by atoms with van der Waals surface area (Å²) >= 11 is 0. The number of benzene rings is 1. The van der Waals surface area contributed by atoms with Crippen LogP contribution in [0.1, 0.15) is 23.5 Å². The molecule has 9 heteroatoms. The van der Waals surface area contributed by atoms with Crippen molar-refractivity contribution in [3.63, 3.8) is 0 Å². The molecule has 1 atom stereocenters. The Morgan fingerprint density at radius 1 is 1.14 bits per heavy atom. The highest BCUT2D eigenvalue weighted by molar-refractivity contribution is 5.82. The van der Waals surface area contributed by atoms with Crippen molar-refractivity contribution >= 4 is 11.7 Å². The van der Waals surface area contributed by atoms with E-state index in [9.17, 15) is 18.0 Å². The van der Waals surface area contributed by atoms with Crippen LogP contribution in [0.3, 0.4) is 0 Å². The summed E-state index contributed by atoms with van der Waals surface area (Å²) in [7, 11) is 0. The second-order valence-corrected chi connectivity index (χ2v) is 7.22. The lowest BCUT2D eigenvalue weighted by molar-refractivity contribution is -0.141. The maximum atomic E-state index is 13.0. The number of anilines is 1. The first-order valence-electron chi connectivity index (χ1n) is 9.52. The molecule has 154 valence electrons. The number of ether oxygens (including phenoxy) is 1. The van der Waals surface area contributed by atoms with Gasteiger partial charge in [-0.1, -0.05) is 18.2 Å². The quantitative estimate of drug-likeness (QED) is 0.768. The standard InChI is InChI=1S/C20H21F3N4O2/c1-13-24-17(20(21,22)23)12-18(25-13)26-8-10-27(11-9-26)19(28)16-7-6-14-4-2-3-5-15(14)29-16/h2-5,12,16H,6-11H2,1H3/t16-/m1/s1. The van der Waals surface area contributed by atoms with Crippen molar-refractivity contribution in [2.24, 2.45) is 0 Å². The maximum absolute atomic E-state index is 13.0. The molecule has 0 bridgehead atoms. The van der Waals surface area contributed by atoms with Gasteiger partial charge < -0.3 is 14.5 Å². The molecule has 29 heavy (non-hydrogen) atoms. The molecule has 1 amide bonds. The summed E-state index contributed by atoms with van der Waals surface area (Å²) in [5.74, 6) is 0.975. The van der Waals surface area contributed by atoms with Crippen molar-refractivity contribution in [1.29, 1.82) is 0 Å². The number of para-hydroxylation sites is 1. The molecule has 0 radical (unpaired) electrons. The molecule has 2 aromatic rings. The summed E-state index contributed by atoms with van der Waals surface area (Å²) in [6, 6.07) is 8.65. The number of nitrogens with zero attached hydrogens (tertiary/aromatic N) is 4. The highest BCUT2D eigenvalue weighted by Gasteiger charge is 2.35. The van der Waals surface area contributed by atoms with Crippen LogP contribution in [0, 0.1) is 6.92 Å². The fraction of sp³-hybridized carbons (Fsp3) is 0.450. The Kier molecular flexibility index (Phi) is 5.06. The maximum Gasteiger partial charge on any atom is 0.433 e. The third-order valence-corrected chi connectivity index (χ3v) is 5.22. The molecule has 0 aliphatic carbocycles. The number of aryl methyl sites for hydroxylation is 2. The molecule has 6 nitrogen and oxygen atoms in total. The normalized spacial score (nSPS) is 19.5. The average molecular weight is 406 g/mol. The van der Waals surface area contributed by atoms with Crippen LogP contribution in [0.5, 0.6) is 5.75 Å². The van der Waals surface area contributed by atoms with Gasteiger partial charge in [-0.05, 0) is 31.4 Å². The lowest BCUT2D eigenvalue weighted by Crippen LogP contribution is -2.53. The molecule has 0 spiro atoms. The zero-order chi connectivity index (χ0) is 20.6. The van der Waals surface area contributed by atoms with Crippen molar-refractivity contribution in [3.05, 3.63) is 47.4 Å². The molecule has 0 unspecified atom stereocenters. The van der Waals surface area contributed by atoms with E-state index in [1.165, 1.54) is 6.92 Å². The fourth-order valence-corrected chi connectivity index (χ4v) is 3.72. The summed E-state index contributed by atoms with van der Waals surface area (Å²) in [4.78, 5) is 23.9. The molecule has 1 saturated heterocycles. The molecule has 1 fully saturated rings. The monoisotopic (exact) mass is 406 g/mol. The van der Waals surface area contributed by atoms with E-state index in [-0.39, 0.29) is 17.5 Å². The number of fused-ring (bicyclic) bond motifs is 1. The first kappa shape index (κ1) is 19.5. The van der Waals surface area contributed by atoms with E-state index in [1.54, 1.807) is 9.80 Å². The molecule has 2 aliphatic heterocycles. The fourth-order valence-electron chi connectivity index (χ4n) is 3.72. The Bertz CT molecular complexity index is 911. The predicted octanol–water partition coefficient (Wildman–Crippen LogP) is 2.85. The third-order valence-electron chi connectivity index (χ3n) is 5.22. The zero-order valence-corrected chi connectivity index (χ0v) is 15.9. The second kappa shape index (κ2) is 7.53. The van der Waals surface area contributed by atoms with Gasteiger partial charge in [0.1, 0.15) is 23.1 Å². The Balaban J connectivity index is 1.40. The Labute approximate surface area is 166 Å². The van der Waals surface area contributed by atoms with Crippen LogP contribution in [-0.4, -0.2) is 53.1 Å². The Morgan fingerprint density at radius 2 is 1.86 bits per heavy atom. The van der Waals surface area contributed by atoms with Crippen molar-refractivity contribution in [2.45, 2.75) is 32.0 Å². The van der Waals surface area contributed by atoms with E-state index in [1.807, 2.05) is 24.3 Å². The van der Waals surface area contributed by atoms with Crippen molar-refractivity contribution < 1.29 is 22.7 Å². The number of carbonyl (C=O) groups is 1. The van der Waals surface area contributed by atoms with Gasteiger partial charge in [-0.25, -0.2) is 9.97 Å². The number of aromatic nitrogens is 2. The van der Waals surface area contributed by atoms with Crippen LogP contribution in [0.25, 0.3) is 0 Å². The topological polar surface area (TPSA) is 58.6 Å². The SMILES string of the molecule is Cc1nc(N2CCN(C(=O)[C@H]3CCc4ccccc4O3)CC2)cc(C(F)(F)F)n1. The number of halogens is 3. The first-order valence-corrected chi connectivity index (χ1v) is 9.52. The van der Waals surface area contributed by atoms with Crippen molar-refractivity contribution in [2.75, 3.05) is 31.1 Å². The van der Waals surface area contributed by atoms with Gasteiger partial charge in [-0.3, -0.25) is 4.79 Å². The smallest absolute Gasteiger partial charge is 0.433 e. The van der Waals surface area contributed by atoms with Gasteiger partial charge in [0.05, 0.1) is 0 Å². The van der Waals surface area contributed by atoms with Gasteiger partial charge >= 0.3 is 6.18 Å². The zero-order valence-electron chi connectivity index (χ0n) is 15.9. The molecule has 4 rings (SSSR count). The largest absolute Gasteiger partial charge is 0.480 e. The van der Waals surface area contributed by atoms with Gasteiger partial charge in [0.2, 0.25) is 0 Å². The molecule has 2 aliphatic rings. The number of carbonyl (C=O) groups excluding carboxylic acids is 1. The lowest BCUT2D eigenvalue weighted by atomic mass is 10.0. The third kappa shape index (κ3) is 4.13. The summed E-state index contributed by atoms with van der Waals surface area (Å²) in [6.45, 7) is 3.07.